The van der Waals surface area contributed by atoms with Crippen molar-refractivity contribution >= 4 is 17.7 Å². The Morgan fingerprint density at radius 3 is 2.95 bits per heavy atom. The maximum atomic E-state index is 12.0. The lowest BCUT2D eigenvalue weighted by Crippen LogP contribution is -2.44. The van der Waals surface area contributed by atoms with Crippen LogP contribution in [0.25, 0.3) is 0 Å². The van der Waals surface area contributed by atoms with E-state index in [2.05, 4.69) is 34.7 Å². The lowest BCUT2D eigenvalue weighted by Gasteiger charge is -2.34. The smallest absolute Gasteiger partial charge is 0.230 e. The molecule has 0 spiro atoms. The van der Waals surface area contributed by atoms with Crippen molar-refractivity contribution in [1.82, 2.24) is 25.5 Å². The minimum atomic E-state index is 0.0685. The first kappa shape index (κ1) is 14.3. The topological polar surface area (TPSA) is 72.7 Å². The van der Waals surface area contributed by atoms with E-state index in [1.807, 2.05) is 0 Å². The molecule has 19 heavy (non-hydrogen) atoms. The zero-order chi connectivity index (χ0) is 13.8. The van der Waals surface area contributed by atoms with Crippen LogP contribution < -0.4 is 5.32 Å². The second-order valence-electron chi connectivity index (χ2n) is 5.32. The fourth-order valence-electron chi connectivity index (χ4n) is 2.51. The minimum absolute atomic E-state index is 0.0685. The number of nitrogens with zero attached hydrogens (tertiary/aromatic N) is 4. The first-order valence-electron chi connectivity index (χ1n) is 6.72. The van der Waals surface area contributed by atoms with Crippen molar-refractivity contribution < 1.29 is 4.79 Å². The molecule has 1 fully saturated rings. The lowest BCUT2D eigenvalue weighted by atomic mass is 9.78. The van der Waals surface area contributed by atoms with Crippen LogP contribution in [0.4, 0.5) is 0 Å². The van der Waals surface area contributed by atoms with Crippen molar-refractivity contribution in [2.45, 2.75) is 44.3 Å². The molecule has 0 radical (unpaired) electrons. The predicted octanol–water partition coefficient (Wildman–Crippen LogP) is 1.24. The highest BCUT2D eigenvalue weighted by atomic mass is 32.2. The summed E-state index contributed by atoms with van der Waals surface area (Å²) in [6, 6.07) is 0.314. The van der Waals surface area contributed by atoms with E-state index in [1.54, 1.807) is 11.7 Å². The van der Waals surface area contributed by atoms with Crippen molar-refractivity contribution in [2.75, 3.05) is 5.75 Å². The summed E-state index contributed by atoms with van der Waals surface area (Å²) in [5, 5.41) is 14.9. The van der Waals surface area contributed by atoms with Crippen molar-refractivity contribution in [3.63, 3.8) is 0 Å². The largest absolute Gasteiger partial charge is 0.352 e. The van der Waals surface area contributed by atoms with Crippen LogP contribution in [-0.2, 0) is 11.8 Å². The third kappa shape index (κ3) is 3.68. The molecule has 0 saturated heterocycles. The summed E-state index contributed by atoms with van der Waals surface area (Å²) >= 11 is 1.37. The van der Waals surface area contributed by atoms with Gasteiger partial charge in [0, 0.05) is 13.1 Å². The number of amides is 1. The standard InChI is InChI=1S/C12H21N5OS/c1-8-5-4-6-10(9(8)2)13-11(18)7-19-12-14-15-16-17(12)3/h8-10H,4-7H2,1-3H3,(H,13,18)/t8-,9+,10+/m0/s1. The van der Waals surface area contributed by atoms with Crippen molar-refractivity contribution in [3.05, 3.63) is 0 Å². The van der Waals surface area contributed by atoms with E-state index >= 15 is 0 Å². The van der Waals surface area contributed by atoms with Crippen molar-refractivity contribution in [1.29, 1.82) is 0 Å². The second kappa shape index (κ2) is 6.36. The Bertz CT molecular complexity index is 436. The molecule has 1 aromatic heterocycles. The van der Waals surface area contributed by atoms with Gasteiger partial charge in [-0.1, -0.05) is 38.5 Å². The van der Waals surface area contributed by atoms with Gasteiger partial charge < -0.3 is 5.32 Å². The number of hydrogen-bond donors (Lipinski definition) is 1. The summed E-state index contributed by atoms with van der Waals surface area (Å²) in [4.78, 5) is 12.0. The van der Waals surface area contributed by atoms with E-state index in [1.165, 1.54) is 24.6 Å². The summed E-state index contributed by atoms with van der Waals surface area (Å²) in [7, 11) is 1.77. The van der Waals surface area contributed by atoms with Gasteiger partial charge in [-0.2, -0.15) is 0 Å². The molecule has 1 aliphatic carbocycles. The Kier molecular flexibility index (Phi) is 4.79. The molecule has 0 aliphatic heterocycles. The molecular formula is C12H21N5OS. The number of carbonyl (C=O) groups excluding carboxylic acids is 1. The van der Waals surface area contributed by atoms with Gasteiger partial charge in [0.1, 0.15) is 0 Å². The quantitative estimate of drug-likeness (QED) is 0.842. The summed E-state index contributed by atoms with van der Waals surface area (Å²) in [6.07, 6.45) is 3.57. The average molecular weight is 283 g/mol. The monoisotopic (exact) mass is 283 g/mol. The zero-order valence-electron chi connectivity index (χ0n) is 11.7. The predicted molar refractivity (Wildman–Crippen MR) is 73.6 cm³/mol. The Morgan fingerprint density at radius 2 is 2.26 bits per heavy atom. The van der Waals surface area contributed by atoms with Crippen LogP contribution in [-0.4, -0.2) is 37.9 Å². The molecule has 0 bridgehead atoms. The Morgan fingerprint density at radius 1 is 1.47 bits per heavy atom. The van der Waals surface area contributed by atoms with Crippen molar-refractivity contribution in [2.24, 2.45) is 18.9 Å². The Hall–Kier alpha value is -1.11. The van der Waals surface area contributed by atoms with Gasteiger partial charge in [-0.15, -0.1) is 5.10 Å². The fourth-order valence-corrected chi connectivity index (χ4v) is 3.17. The SMILES string of the molecule is C[C@@H]1[C@@H](C)CCC[C@H]1NC(=O)CSc1nnnn1C. The van der Waals surface area contributed by atoms with E-state index in [-0.39, 0.29) is 5.91 Å². The van der Waals surface area contributed by atoms with Crippen LogP contribution >= 0.6 is 11.8 Å². The average Bonchev–Trinajstić information content (AvgIpc) is 2.78. The van der Waals surface area contributed by atoms with Gasteiger partial charge in [0.15, 0.2) is 0 Å². The second-order valence-corrected chi connectivity index (χ2v) is 6.26. The van der Waals surface area contributed by atoms with Gasteiger partial charge in [0.05, 0.1) is 5.75 Å². The summed E-state index contributed by atoms with van der Waals surface area (Å²) < 4.78 is 1.57. The Balaban J connectivity index is 1.79. The maximum Gasteiger partial charge on any atom is 0.230 e. The molecule has 1 saturated carbocycles. The number of rotatable bonds is 4. The minimum Gasteiger partial charge on any atom is -0.352 e. The molecule has 1 N–H and O–H groups in total. The molecule has 106 valence electrons. The molecule has 6 nitrogen and oxygen atoms in total. The van der Waals surface area contributed by atoms with Crippen LogP contribution in [0, 0.1) is 11.8 Å². The lowest BCUT2D eigenvalue weighted by molar-refractivity contribution is -0.120. The number of hydrogen-bond acceptors (Lipinski definition) is 5. The van der Waals surface area contributed by atoms with Crippen LogP contribution in [0.1, 0.15) is 33.1 Å². The van der Waals surface area contributed by atoms with Crippen LogP contribution in [0.15, 0.2) is 5.16 Å². The van der Waals surface area contributed by atoms with Gasteiger partial charge >= 0.3 is 0 Å². The van der Waals surface area contributed by atoms with E-state index < -0.39 is 0 Å². The zero-order valence-corrected chi connectivity index (χ0v) is 12.5. The van der Waals surface area contributed by atoms with Gasteiger partial charge in [0.2, 0.25) is 11.1 Å². The number of aryl methyl sites for hydroxylation is 1. The van der Waals surface area contributed by atoms with E-state index in [4.69, 9.17) is 0 Å². The van der Waals surface area contributed by atoms with Gasteiger partial charge in [-0.25, -0.2) is 4.68 Å². The fraction of sp³-hybridized carbons (Fsp3) is 0.833. The van der Waals surface area contributed by atoms with Crippen LogP contribution in [0.5, 0.6) is 0 Å². The van der Waals surface area contributed by atoms with Crippen molar-refractivity contribution in [3.8, 4) is 0 Å². The first-order chi connectivity index (χ1) is 9.08. The van der Waals surface area contributed by atoms with E-state index in [0.29, 0.717) is 28.8 Å². The maximum absolute atomic E-state index is 12.0. The third-order valence-electron chi connectivity index (χ3n) is 3.97. The number of aromatic nitrogens is 4. The molecule has 0 unspecified atom stereocenters. The Labute approximate surface area is 117 Å². The summed E-state index contributed by atoms with van der Waals surface area (Å²) in [6.45, 7) is 4.50. The number of thioether (sulfide) groups is 1. The van der Waals surface area contributed by atoms with Gasteiger partial charge in [-0.3, -0.25) is 4.79 Å². The molecule has 1 aromatic rings. The molecule has 1 aliphatic rings. The molecular weight excluding hydrogens is 262 g/mol. The first-order valence-corrected chi connectivity index (χ1v) is 7.71. The molecule has 2 rings (SSSR count). The normalized spacial score (nSPS) is 27.2. The van der Waals surface area contributed by atoms with Crippen LogP contribution in [0.2, 0.25) is 0 Å². The molecule has 3 atom stereocenters. The highest BCUT2D eigenvalue weighted by Gasteiger charge is 2.28. The molecule has 1 heterocycles. The molecule has 7 heteroatoms. The van der Waals surface area contributed by atoms with Gasteiger partial charge in [0.25, 0.3) is 0 Å². The van der Waals surface area contributed by atoms with Crippen LogP contribution in [0.3, 0.4) is 0 Å². The summed E-state index contributed by atoms with van der Waals surface area (Å²) in [5.74, 6) is 1.68. The highest BCUT2D eigenvalue weighted by molar-refractivity contribution is 7.99. The summed E-state index contributed by atoms with van der Waals surface area (Å²) in [5.41, 5.74) is 0. The number of nitrogens with one attached hydrogen (secondary N) is 1. The number of tetrazole rings is 1. The molecule has 0 aromatic carbocycles. The van der Waals surface area contributed by atoms with Gasteiger partial charge in [-0.05, 0) is 28.7 Å². The molecule has 1 amide bonds. The number of carbonyl (C=O) groups is 1. The highest BCUT2D eigenvalue weighted by Crippen LogP contribution is 2.29. The van der Waals surface area contributed by atoms with E-state index in [0.717, 1.165) is 6.42 Å². The van der Waals surface area contributed by atoms with E-state index in [9.17, 15) is 4.79 Å². The third-order valence-corrected chi connectivity index (χ3v) is 4.98.